The minimum absolute atomic E-state index is 0.0898. The van der Waals surface area contributed by atoms with E-state index in [1.165, 1.54) is 0 Å². The number of hydrogen-bond donors (Lipinski definition) is 3. The average molecular weight is 309 g/mol. The van der Waals surface area contributed by atoms with Crippen molar-refractivity contribution < 1.29 is 19.9 Å². The van der Waals surface area contributed by atoms with Crippen LogP contribution in [0, 0.1) is 10.1 Å². The first kappa shape index (κ1) is 15.6. The molecule has 0 fully saturated rings. The molecule has 1 aromatic rings. The zero-order chi connectivity index (χ0) is 14.6. The van der Waals surface area contributed by atoms with Crippen molar-refractivity contribution in [2.45, 2.75) is 6.04 Å². The maximum atomic E-state index is 11.8. The summed E-state index contributed by atoms with van der Waals surface area (Å²) in [6.45, 7) is -0.933. The van der Waals surface area contributed by atoms with Gasteiger partial charge in [0.15, 0.2) is 0 Å². The fourth-order valence-corrected chi connectivity index (χ4v) is 1.65. The van der Waals surface area contributed by atoms with E-state index in [1.54, 1.807) is 0 Å². The van der Waals surface area contributed by atoms with E-state index >= 15 is 0 Å². The van der Waals surface area contributed by atoms with Crippen molar-refractivity contribution in [3.63, 3.8) is 0 Å². The van der Waals surface area contributed by atoms with Crippen LogP contribution < -0.4 is 5.32 Å². The van der Waals surface area contributed by atoms with Gasteiger partial charge in [-0.3, -0.25) is 14.9 Å². The summed E-state index contributed by atoms with van der Waals surface area (Å²) in [4.78, 5) is 21.7. The van der Waals surface area contributed by atoms with Crippen LogP contribution >= 0.6 is 23.2 Å². The lowest BCUT2D eigenvalue weighted by molar-refractivity contribution is -0.384. The number of amides is 1. The normalized spacial score (nSPS) is 10.6. The van der Waals surface area contributed by atoms with Gasteiger partial charge in [-0.25, -0.2) is 0 Å². The molecule has 3 N–H and O–H groups in total. The Kier molecular flexibility index (Phi) is 5.49. The van der Waals surface area contributed by atoms with Crippen LogP contribution in [0.4, 0.5) is 5.69 Å². The smallest absolute Gasteiger partial charge is 0.290 e. The third-order valence-electron chi connectivity index (χ3n) is 2.24. The highest BCUT2D eigenvalue weighted by atomic mass is 35.5. The molecule has 0 atom stereocenters. The van der Waals surface area contributed by atoms with Gasteiger partial charge in [-0.2, -0.15) is 0 Å². The monoisotopic (exact) mass is 308 g/mol. The van der Waals surface area contributed by atoms with Gasteiger partial charge in [0.2, 0.25) is 0 Å². The first-order valence-corrected chi connectivity index (χ1v) is 5.82. The predicted molar refractivity (Wildman–Crippen MR) is 68.5 cm³/mol. The second-order valence-electron chi connectivity index (χ2n) is 3.58. The van der Waals surface area contributed by atoms with Crippen molar-refractivity contribution in [3.8, 4) is 0 Å². The van der Waals surface area contributed by atoms with Gasteiger partial charge >= 0.3 is 0 Å². The van der Waals surface area contributed by atoms with Gasteiger partial charge in [-0.1, -0.05) is 23.2 Å². The topological polar surface area (TPSA) is 113 Å². The zero-order valence-corrected chi connectivity index (χ0v) is 11.0. The summed E-state index contributed by atoms with van der Waals surface area (Å²) in [6, 6.07) is 1.27. The summed E-state index contributed by atoms with van der Waals surface area (Å²) in [7, 11) is 0. The van der Waals surface area contributed by atoms with Gasteiger partial charge in [0.1, 0.15) is 5.02 Å². The Bertz CT molecular complexity index is 505. The van der Waals surface area contributed by atoms with E-state index in [0.717, 1.165) is 12.1 Å². The highest BCUT2D eigenvalue weighted by Gasteiger charge is 2.21. The Morgan fingerprint density at radius 1 is 1.37 bits per heavy atom. The van der Waals surface area contributed by atoms with Gasteiger partial charge in [0.05, 0.1) is 29.2 Å². The van der Waals surface area contributed by atoms with Crippen molar-refractivity contribution in [1.82, 2.24) is 5.32 Å². The fourth-order valence-electron chi connectivity index (χ4n) is 1.26. The summed E-state index contributed by atoms with van der Waals surface area (Å²) in [6.07, 6.45) is 0. The van der Waals surface area contributed by atoms with Crippen molar-refractivity contribution in [2.75, 3.05) is 13.2 Å². The van der Waals surface area contributed by atoms with Gasteiger partial charge < -0.3 is 15.5 Å². The number of carbonyl (C=O) groups excluding carboxylic acids is 1. The number of aliphatic hydroxyl groups excluding tert-OH is 2. The molecule has 0 radical (unpaired) electrons. The summed E-state index contributed by atoms with van der Waals surface area (Å²) < 4.78 is 0. The first-order valence-electron chi connectivity index (χ1n) is 5.06. The second-order valence-corrected chi connectivity index (χ2v) is 4.37. The molecule has 0 aliphatic rings. The van der Waals surface area contributed by atoms with Crippen molar-refractivity contribution in [1.29, 1.82) is 0 Å². The van der Waals surface area contributed by atoms with Crippen LogP contribution in [0.3, 0.4) is 0 Å². The number of rotatable bonds is 5. The fraction of sp³-hybridized carbons (Fsp3) is 0.300. The molecule has 19 heavy (non-hydrogen) atoms. The predicted octanol–water partition coefficient (Wildman–Crippen LogP) is 0.985. The lowest BCUT2D eigenvalue weighted by Crippen LogP contribution is -2.40. The van der Waals surface area contributed by atoms with Crippen molar-refractivity contribution in [3.05, 3.63) is 37.9 Å². The minimum Gasteiger partial charge on any atom is -0.394 e. The van der Waals surface area contributed by atoms with Crippen LogP contribution in [-0.2, 0) is 0 Å². The van der Waals surface area contributed by atoms with Gasteiger partial charge in [0, 0.05) is 11.6 Å². The number of nitro benzene ring substituents is 1. The van der Waals surface area contributed by atoms with Crippen molar-refractivity contribution >= 4 is 34.8 Å². The number of nitrogens with one attached hydrogen (secondary N) is 1. The van der Waals surface area contributed by atoms with Gasteiger partial charge in [-0.15, -0.1) is 0 Å². The molecule has 1 aromatic carbocycles. The number of hydrogen-bond acceptors (Lipinski definition) is 5. The minimum atomic E-state index is -0.860. The Balaban J connectivity index is 3.07. The highest BCUT2D eigenvalue weighted by molar-refractivity contribution is 6.43. The molecule has 104 valence electrons. The number of carbonyl (C=O) groups is 1. The third kappa shape index (κ3) is 3.77. The van der Waals surface area contributed by atoms with E-state index in [4.69, 9.17) is 33.4 Å². The Morgan fingerprint density at radius 3 is 2.42 bits per heavy atom. The molecule has 0 unspecified atom stereocenters. The van der Waals surface area contributed by atoms with Crippen LogP contribution in [0.2, 0.25) is 10.0 Å². The van der Waals surface area contributed by atoms with E-state index in [-0.39, 0.29) is 15.6 Å². The molecule has 0 aliphatic carbocycles. The lowest BCUT2D eigenvalue weighted by Gasteiger charge is -2.13. The van der Waals surface area contributed by atoms with E-state index in [1.807, 2.05) is 0 Å². The molecule has 0 spiro atoms. The molecule has 7 nitrogen and oxygen atoms in total. The molecule has 0 aliphatic heterocycles. The SMILES string of the molecule is O=C(NC(CO)CO)c1cc(Cl)c(Cl)c([N+](=O)[O-])c1. The molecule has 0 heterocycles. The molecule has 1 amide bonds. The number of nitro groups is 1. The van der Waals surface area contributed by atoms with Crippen LogP contribution in [0.15, 0.2) is 12.1 Å². The van der Waals surface area contributed by atoms with E-state index in [2.05, 4.69) is 5.32 Å². The molecule has 0 saturated carbocycles. The van der Waals surface area contributed by atoms with Crippen LogP contribution in [0.5, 0.6) is 0 Å². The van der Waals surface area contributed by atoms with E-state index in [0.29, 0.717) is 0 Å². The molecular formula is C10H10Cl2N2O5. The number of nitrogens with zero attached hydrogens (tertiary/aromatic N) is 1. The Labute approximate surface area is 117 Å². The summed E-state index contributed by atoms with van der Waals surface area (Å²) in [5.41, 5.74) is -0.586. The number of halogens is 2. The molecule has 0 aromatic heterocycles. The second kappa shape index (κ2) is 6.67. The Morgan fingerprint density at radius 2 is 1.95 bits per heavy atom. The summed E-state index contributed by atoms with van der Waals surface area (Å²) in [5.74, 6) is -0.713. The molecular weight excluding hydrogens is 299 g/mol. The molecule has 0 saturated heterocycles. The largest absolute Gasteiger partial charge is 0.394 e. The Hall–Kier alpha value is -1.41. The molecule has 1 rings (SSSR count). The zero-order valence-electron chi connectivity index (χ0n) is 9.47. The van der Waals surface area contributed by atoms with Crippen molar-refractivity contribution in [2.24, 2.45) is 0 Å². The first-order chi connectivity index (χ1) is 8.90. The van der Waals surface area contributed by atoms with Crippen LogP contribution in [0.25, 0.3) is 0 Å². The molecule has 0 bridgehead atoms. The number of aliphatic hydroxyl groups is 2. The van der Waals surface area contributed by atoms with E-state index < -0.39 is 35.8 Å². The van der Waals surface area contributed by atoms with Crippen LogP contribution in [0.1, 0.15) is 10.4 Å². The quantitative estimate of drug-likeness (QED) is 0.554. The summed E-state index contributed by atoms with van der Waals surface area (Å²) >= 11 is 11.3. The molecule has 9 heteroatoms. The van der Waals surface area contributed by atoms with Crippen LogP contribution in [-0.4, -0.2) is 40.3 Å². The lowest BCUT2D eigenvalue weighted by atomic mass is 10.1. The van der Waals surface area contributed by atoms with Gasteiger partial charge in [0.25, 0.3) is 11.6 Å². The third-order valence-corrected chi connectivity index (χ3v) is 3.04. The summed E-state index contributed by atoms with van der Waals surface area (Å²) in [5, 5.41) is 30.3. The average Bonchev–Trinajstić information content (AvgIpc) is 2.38. The number of benzene rings is 1. The maximum absolute atomic E-state index is 11.8. The van der Waals surface area contributed by atoms with Gasteiger partial charge in [-0.05, 0) is 6.07 Å². The highest BCUT2D eigenvalue weighted by Crippen LogP contribution is 2.33. The maximum Gasteiger partial charge on any atom is 0.290 e. The standard InChI is InChI=1S/C10H10Cl2N2O5/c11-7-1-5(2-8(9(7)12)14(18)19)10(17)13-6(3-15)4-16/h1-2,6,15-16H,3-4H2,(H,13,17). The van der Waals surface area contributed by atoms with E-state index in [9.17, 15) is 14.9 Å².